The number of anilines is 1. The van der Waals surface area contributed by atoms with Crippen LogP contribution in [0.2, 0.25) is 0 Å². The Bertz CT molecular complexity index is 1170. The van der Waals surface area contributed by atoms with Gasteiger partial charge < -0.3 is 14.8 Å². The summed E-state index contributed by atoms with van der Waals surface area (Å²) in [6, 6.07) is 24.3. The maximum Gasteiger partial charge on any atom is 0.285 e. The first kappa shape index (κ1) is 20.2. The van der Waals surface area contributed by atoms with Crippen molar-refractivity contribution in [1.82, 2.24) is 14.8 Å². The fraction of sp³-hybridized carbons (Fsp3) is 0.125. The Balaban J connectivity index is 1.68. The summed E-state index contributed by atoms with van der Waals surface area (Å²) in [4.78, 5) is 17.9. The van der Waals surface area contributed by atoms with Crippen LogP contribution >= 0.6 is 0 Å². The van der Waals surface area contributed by atoms with Crippen LogP contribution in [0.5, 0.6) is 11.5 Å². The van der Waals surface area contributed by atoms with Gasteiger partial charge in [-0.15, -0.1) is 5.10 Å². The predicted molar refractivity (Wildman–Crippen MR) is 119 cm³/mol. The highest BCUT2D eigenvalue weighted by atomic mass is 16.5. The Morgan fingerprint density at radius 3 is 2.32 bits per heavy atom. The monoisotopic (exact) mass is 414 g/mol. The summed E-state index contributed by atoms with van der Waals surface area (Å²) in [6.45, 7) is 0.468. The van der Waals surface area contributed by atoms with Crippen LogP contribution in [0.1, 0.15) is 15.9 Å². The van der Waals surface area contributed by atoms with E-state index in [9.17, 15) is 4.79 Å². The van der Waals surface area contributed by atoms with E-state index < -0.39 is 0 Å². The topological polar surface area (TPSA) is 78.3 Å². The van der Waals surface area contributed by atoms with Gasteiger partial charge in [0.25, 0.3) is 5.91 Å². The standard InChI is InChI=1S/C24H22N4O3/c1-30-19-14-12-17(13-15-19)16-25-24-26-22(18-8-4-3-5-9-18)27-28(24)23(29)20-10-6-7-11-21(20)31-2/h3-15H,16H2,1-2H3,(H,25,26,27). The molecule has 1 heterocycles. The van der Waals surface area contributed by atoms with Crippen molar-refractivity contribution < 1.29 is 14.3 Å². The SMILES string of the molecule is COc1ccc(CNc2nc(-c3ccccc3)nn2C(=O)c2ccccc2OC)cc1. The smallest absolute Gasteiger partial charge is 0.285 e. The third-order valence-electron chi connectivity index (χ3n) is 4.78. The Hall–Kier alpha value is -4.13. The van der Waals surface area contributed by atoms with Crippen molar-refractivity contribution in [3.05, 3.63) is 90.0 Å². The first-order valence-electron chi connectivity index (χ1n) is 9.76. The van der Waals surface area contributed by atoms with Gasteiger partial charge in [0.05, 0.1) is 19.8 Å². The molecule has 0 aliphatic rings. The van der Waals surface area contributed by atoms with Crippen molar-refractivity contribution in [3.8, 4) is 22.9 Å². The second kappa shape index (κ2) is 9.13. The number of methoxy groups -OCH3 is 2. The molecule has 0 saturated carbocycles. The summed E-state index contributed by atoms with van der Waals surface area (Å²) < 4.78 is 11.8. The zero-order valence-electron chi connectivity index (χ0n) is 17.3. The van der Waals surface area contributed by atoms with Crippen molar-refractivity contribution in [3.63, 3.8) is 0 Å². The molecule has 156 valence electrons. The Kier molecular flexibility index (Phi) is 5.93. The molecule has 4 rings (SSSR count). The number of hydrogen-bond acceptors (Lipinski definition) is 6. The molecule has 31 heavy (non-hydrogen) atoms. The number of rotatable bonds is 7. The molecular formula is C24H22N4O3. The lowest BCUT2D eigenvalue weighted by molar-refractivity contribution is 0.0944. The molecule has 0 aliphatic carbocycles. The number of para-hydroxylation sites is 1. The number of ether oxygens (including phenoxy) is 2. The second-order valence-electron chi connectivity index (χ2n) is 6.74. The van der Waals surface area contributed by atoms with Crippen LogP contribution in [0.4, 0.5) is 5.95 Å². The van der Waals surface area contributed by atoms with Gasteiger partial charge in [-0.1, -0.05) is 54.6 Å². The number of nitrogens with zero attached hydrogens (tertiary/aromatic N) is 3. The largest absolute Gasteiger partial charge is 0.497 e. The van der Waals surface area contributed by atoms with E-state index in [1.165, 1.54) is 11.8 Å². The van der Waals surface area contributed by atoms with Crippen LogP contribution in [-0.4, -0.2) is 34.9 Å². The summed E-state index contributed by atoms with van der Waals surface area (Å²) in [5, 5.41) is 7.72. The van der Waals surface area contributed by atoms with Crippen LogP contribution in [0, 0.1) is 0 Å². The summed E-state index contributed by atoms with van der Waals surface area (Å²) in [6.07, 6.45) is 0. The quantitative estimate of drug-likeness (QED) is 0.487. The van der Waals surface area contributed by atoms with Crippen molar-refractivity contribution in [2.75, 3.05) is 19.5 Å². The van der Waals surface area contributed by atoms with E-state index in [1.807, 2.05) is 60.7 Å². The molecule has 0 radical (unpaired) electrons. The fourth-order valence-electron chi connectivity index (χ4n) is 3.14. The summed E-state index contributed by atoms with van der Waals surface area (Å²) >= 11 is 0. The summed E-state index contributed by atoms with van der Waals surface area (Å²) in [5.74, 6) is 1.74. The molecule has 0 fully saturated rings. The molecule has 0 saturated heterocycles. The number of carbonyl (C=O) groups is 1. The van der Waals surface area contributed by atoms with Crippen molar-refractivity contribution >= 4 is 11.9 Å². The lowest BCUT2D eigenvalue weighted by Crippen LogP contribution is -2.18. The first-order chi connectivity index (χ1) is 15.2. The molecule has 0 bridgehead atoms. The van der Waals surface area contributed by atoms with Gasteiger partial charge in [-0.05, 0) is 29.8 Å². The Morgan fingerprint density at radius 1 is 0.903 bits per heavy atom. The molecule has 0 atom stereocenters. The maximum atomic E-state index is 13.3. The number of nitrogens with one attached hydrogen (secondary N) is 1. The summed E-state index contributed by atoms with van der Waals surface area (Å²) in [5.41, 5.74) is 2.24. The zero-order valence-corrected chi connectivity index (χ0v) is 17.3. The van der Waals surface area contributed by atoms with Crippen LogP contribution in [0.25, 0.3) is 11.4 Å². The summed E-state index contributed by atoms with van der Waals surface area (Å²) in [7, 11) is 3.16. The third-order valence-corrected chi connectivity index (χ3v) is 4.78. The van der Waals surface area contributed by atoms with E-state index in [0.717, 1.165) is 16.9 Å². The lowest BCUT2D eigenvalue weighted by Gasteiger charge is -2.10. The minimum Gasteiger partial charge on any atom is -0.497 e. The molecular weight excluding hydrogens is 392 g/mol. The van der Waals surface area contributed by atoms with Gasteiger partial charge in [0, 0.05) is 12.1 Å². The van der Waals surface area contributed by atoms with Gasteiger partial charge >= 0.3 is 0 Å². The molecule has 0 unspecified atom stereocenters. The van der Waals surface area contributed by atoms with Crippen LogP contribution < -0.4 is 14.8 Å². The normalized spacial score (nSPS) is 10.5. The minimum absolute atomic E-state index is 0.329. The van der Waals surface area contributed by atoms with Crippen LogP contribution in [0.3, 0.4) is 0 Å². The molecule has 0 spiro atoms. The van der Waals surface area contributed by atoms with Gasteiger partial charge in [-0.3, -0.25) is 4.79 Å². The number of benzene rings is 3. The molecule has 7 nitrogen and oxygen atoms in total. The van der Waals surface area contributed by atoms with E-state index >= 15 is 0 Å². The van der Waals surface area contributed by atoms with E-state index in [1.54, 1.807) is 25.3 Å². The van der Waals surface area contributed by atoms with Crippen molar-refractivity contribution in [2.24, 2.45) is 0 Å². The van der Waals surface area contributed by atoms with E-state index in [2.05, 4.69) is 15.4 Å². The molecule has 1 aromatic heterocycles. The second-order valence-corrected chi connectivity index (χ2v) is 6.74. The van der Waals surface area contributed by atoms with Crippen molar-refractivity contribution in [2.45, 2.75) is 6.54 Å². The molecule has 3 aromatic carbocycles. The maximum absolute atomic E-state index is 13.3. The van der Waals surface area contributed by atoms with Gasteiger partial charge in [-0.2, -0.15) is 9.67 Å². The van der Waals surface area contributed by atoms with Gasteiger partial charge in [0.15, 0.2) is 5.82 Å². The predicted octanol–water partition coefficient (Wildman–Crippen LogP) is 4.26. The molecule has 0 amide bonds. The van der Waals surface area contributed by atoms with Crippen LogP contribution in [-0.2, 0) is 6.54 Å². The fourth-order valence-corrected chi connectivity index (χ4v) is 3.14. The van der Waals surface area contributed by atoms with E-state index in [-0.39, 0.29) is 5.91 Å². The number of carbonyl (C=O) groups excluding carboxylic acids is 1. The third kappa shape index (κ3) is 4.40. The Labute approximate surface area is 180 Å². The van der Waals surface area contributed by atoms with E-state index in [0.29, 0.717) is 29.6 Å². The lowest BCUT2D eigenvalue weighted by atomic mass is 10.2. The minimum atomic E-state index is -0.329. The zero-order chi connectivity index (χ0) is 21.6. The van der Waals surface area contributed by atoms with Gasteiger partial charge in [0.1, 0.15) is 11.5 Å². The first-order valence-corrected chi connectivity index (χ1v) is 9.76. The molecule has 7 heteroatoms. The van der Waals surface area contributed by atoms with E-state index in [4.69, 9.17) is 9.47 Å². The Morgan fingerprint density at radius 2 is 1.61 bits per heavy atom. The molecule has 0 aliphatic heterocycles. The highest BCUT2D eigenvalue weighted by Crippen LogP contribution is 2.23. The van der Waals surface area contributed by atoms with Crippen molar-refractivity contribution in [1.29, 1.82) is 0 Å². The van der Waals surface area contributed by atoms with Crippen LogP contribution in [0.15, 0.2) is 78.9 Å². The highest BCUT2D eigenvalue weighted by Gasteiger charge is 2.21. The molecule has 4 aromatic rings. The number of hydrogen-bond donors (Lipinski definition) is 1. The number of aromatic nitrogens is 3. The average Bonchev–Trinajstić information content (AvgIpc) is 3.27. The average molecular weight is 414 g/mol. The molecule has 1 N–H and O–H groups in total. The van der Waals surface area contributed by atoms with Gasteiger partial charge in [-0.25, -0.2) is 0 Å². The van der Waals surface area contributed by atoms with Gasteiger partial charge in [0.2, 0.25) is 5.95 Å². The highest BCUT2D eigenvalue weighted by molar-refractivity contribution is 5.99.